The monoisotopic (exact) mass is 300 g/mol. The minimum absolute atomic E-state index is 0.0728. The molecule has 0 aliphatic carbocycles. The molecular formula is C19H24O3. The van der Waals surface area contributed by atoms with Gasteiger partial charge in [-0.05, 0) is 34.7 Å². The van der Waals surface area contributed by atoms with Crippen LogP contribution in [0.2, 0.25) is 0 Å². The van der Waals surface area contributed by atoms with E-state index in [4.69, 9.17) is 0 Å². The predicted molar refractivity (Wildman–Crippen MR) is 88.7 cm³/mol. The van der Waals surface area contributed by atoms with Crippen LogP contribution in [-0.4, -0.2) is 15.3 Å². The van der Waals surface area contributed by atoms with Gasteiger partial charge in [0.05, 0.1) is 0 Å². The summed E-state index contributed by atoms with van der Waals surface area (Å²) in [4.78, 5) is 0. The quantitative estimate of drug-likeness (QED) is 0.769. The first kappa shape index (κ1) is 16.2. The zero-order valence-corrected chi connectivity index (χ0v) is 13.8. The van der Waals surface area contributed by atoms with Crippen molar-refractivity contribution < 1.29 is 15.3 Å². The first-order valence-corrected chi connectivity index (χ1v) is 7.40. The average Bonchev–Trinajstić information content (AvgIpc) is 2.37. The predicted octanol–water partition coefficient (Wildman–Crippen LogP) is 4.43. The van der Waals surface area contributed by atoms with Gasteiger partial charge in [-0.3, -0.25) is 0 Å². The maximum absolute atomic E-state index is 10.3. The van der Waals surface area contributed by atoms with Gasteiger partial charge in [-0.1, -0.05) is 46.8 Å². The van der Waals surface area contributed by atoms with E-state index in [1.165, 1.54) is 6.07 Å². The highest BCUT2D eigenvalue weighted by atomic mass is 16.3. The number of rotatable bonds is 2. The fourth-order valence-corrected chi connectivity index (χ4v) is 2.71. The zero-order valence-electron chi connectivity index (χ0n) is 13.8. The molecular weight excluding hydrogens is 276 g/mol. The van der Waals surface area contributed by atoms with Crippen LogP contribution in [0.25, 0.3) is 0 Å². The molecule has 0 saturated carbocycles. The molecule has 0 fully saturated rings. The minimum Gasteiger partial charge on any atom is -0.508 e. The number of hydrogen-bond donors (Lipinski definition) is 3. The van der Waals surface area contributed by atoms with Crippen LogP contribution in [0.4, 0.5) is 0 Å². The number of aromatic hydroxyl groups is 3. The van der Waals surface area contributed by atoms with E-state index < -0.39 is 5.41 Å². The van der Waals surface area contributed by atoms with E-state index >= 15 is 0 Å². The fraction of sp³-hybridized carbons (Fsp3) is 0.368. The lowest BCUT2D eigenvalue weighted by Gasteiger charge is -2.30. The third-order valence-electron chi connectivity index (χ3n) is 4.18. The van der Waals surface area contributed by atoms with Crippen LogP contribution in [0.3, 0.4) is 0 Å². The molecule has 22 heavy (non-hydrogen) atoms. The van der Waals surface area contributed by atoms with E-state index in [-0.39, 0.29) is 22.7 Å². The molecule has 2 aromatic carbocycles. The maximum Gasteiger partial charge on any atom is 0.123 e. The molecule has 0 heterocycles. The molecule has 2 rings (SSSR count). The summed E-state index contributed by atoms with van der Waals surface area (Å²) in [6.45, 7) is 10.1. The standard InChI is InChI=1S/C19H24O3/c1-18(2,3)14-10-15(17(22)11-16(14)21)19(4,5)12-6-8-13(20)9-7-12/h6-11,20-22H,1-5H3. The third-order valence-corrected chi connectivity index (χ3v) is 4.18. The topological polar surface area (TPSA) is 60.7 Å². The highest BCUT2D eigenvalue weighted by molar-refractivity contribution is 5.53. The molecule has 3 heteroatoms. The Balaban J connectivity index is 2.62. The average molecular weight is 300 g/mol. The molecule has 0 radical (unpaired) electrons. The van der Waals surface area contributed by atoms with E-state index in [0.717, 1.165) is 16.7 Å². The molecule has 0 saturated heterocycles. The Morgan fingerprint density at radius 3 is 1.68 bits per heavy atom. The minimum atomic E-state index is -0.453. The number of hydrogen-bond acceptors (Lipinski definition) is 3. The van der Waals surface area contributed by atoms with Crippen molar-refractivity contribution in [1.82, 2.24) is 0 Å². The van der Waals surface area contributed by atoms with Crippen molar-refractivity contribution in [2.45, 2.75) is 45.4 Å². The summed E-state index contributed by atoms with van der Waals surface area (Å²) < 4.78 is 0. The zero-order chi connectivity index (χ0) is 16.7. The van der Waals surface area contributed by atoms with Crippen molar-refractivity contribution in [2.24, 2.45) is 0 Å². The molecule has 0 aliphatic heterocycles. The Kier molecular flexibility index (Phi) is 3.86. The summed E-state index contributed by atoms with van der Waals surface area (Å²) in [5, 5.41) is 29.9. The maximum atomic E-state index is 10.3. The highest BCUT2D eigenvalue weighted by Gasteiger charge is 2.29. The van der Waals surface area contributed by atoms with Crippen molar-refractivity contribution in [1.29, 1.82) is 0 Å². The molecule has 0 unspecified atom stereocenters. The summed E-state index contributed by atoms with van der Waals surface area (Å²) in [7, 11) is 0. The lowest BCUT2D eigenvalue weighted by Crippen LogP contribution is -2.21. The van der Waals surface area contributed by atoms with E-state index in [2.05, 4.69) is 0 Å². The van der Waals surface area contributed by atoms with Gasteiger partial charge in [0.1, 0.15) is 17.2 Å². The summed E-state index contributed by atoms with van der Waals surface area (Å²) in [5.41, 5.74) is 1.85. The molecule has 3 N–H and O–H groups in total. The largest absolute Gasteiger partial charge is 0.508 e. The number of phenols is 3. The van der Waals surface area contributed by atoms with Crippen LogP contribution in [0.1, 0.15) is 51.3 Å². The lowest BCUT2D eigenvalue weighted by atomic mass is 9.75. The first-order chi connectivity index (χ1) is 10.0. The van der Waals surface area contributed by atoms with Gasteiger partial charge in [-0.25, -0.2) is 0 Å². The Labute approximate surface area is 131 Å². The molecule has 3 nitrogen and oxygen atoms in total. The van der Waals surface area contributed by atoms with Crippen LogP contribution >= 0.6 is 0 Å². The lowest BCUT2D eigenvalue weighted by molar-refractivity contribution is 0.421. The molecule has 118 valence electrons. The van der Waals surface area contributed by atoms with Crippen LogP contribution in [0, 0.1) is 0 Å². The van der Waals surface area contributed by atoms with Gasteiger partial charge >= 0.3 is 0 Å². The summed E-state index contributed by atoms with van der Waals surface area (Å²) >= 11 is 0. The van der Waals surface area contributed by atoms with Gasteiger partial charge in [-0.2, -0.15) is 0 Å². The fourth-order valence-electron chi connectivity index (χ4n) is 2.71. The van der Waals surface area contributed by atoms with E-state index in [0.29, 0.717) is 0 Å². The van der Waals surface area contributed by atoms with Crippen molar-refractivity contribution >= 4 is 0 Å². The highest BCUT2D eigenvalue weighted by Crippen LogP contribution is 2.43. The Bertz CT molecular complexity index is 677. The van der Waals surface area contributed by atoms with Gasteiger partial charge in [0.15, 0.2) is 0 Å². The summed E-state index contributed by atoms with van der Waals surface area (Å²) in [6, 6.07) is 10.3. The van der Waals surface area contributed by atoms with Crippen LogP contribution in [0.15, 0.2) is 36.4 Å². The van der Waals surface area contributed by atoms with Crippen LogP contribution < -0.4 is 0 Å². The summed E-state index contributed by atoms with van der Waals surface area (Å²) in [6.07, 6.45) is 0. The van der Waals surface area contributed by atoms with Crippen molar-refractivity contribution in [2.75, 3.05) is 0 Å². The second kappa shape index (κ2) is 5.24. The van der Waals surface area contributed by atoms with Crippen LogP contribution in [-0.2, 0) is 10.8 Å². The van der Waals surface area contributed by atoms with Gasteiger partial charge in [-0.15, -0.1) is 0 Å². The molecule has 2 aromatic rings. The van der Waals surface area contributed by atoms with Crippen molar-refractivity contribution in [3.8, 4) is 17.2 Å². The van der Waals surface area contributed by atoms with Gasteiger partial charge < -0.3 is 15.3 Å². The normalized spacial score (nSPS) is 12.4. The van der Waals surface area contributed by atoms with Gasteiger partial charge in [0.2, 0.25) is 0 Å². The summed E-state index contributed by atoms with van der Waals surface area (Å²) in [5.74, 6) is 0.392. The number of phenolic OH excluding ortho intramolecular Hbond substituents is 3. The molecule has 0 atom stereocenters. The Morgan fingerprint density at radius 1 is 0.682 bits per heavy atom. The smallest absolute Gasteiger partial charge is 0.123 e. The van der Waals surface area contributed by atoms with Crippen LogP contribution in [0.5, 0.6) is 17.2 Å². The second-order valence-electron chi connectivity index (χ2n) is 7.31. The van der Waals surface area contributed by atoms with Crippen molar-refractivity contribution in [3.05, 3.63) is 53.1 Å². The Morgan fingerprint density at radius 2 is 1.18 bits per heavy atom. The van der Waals surface area contributed by atoms with E-state index in [1.807, 2.05) is 52.8 Å². The van der Waals surface area contributed by atoms with Gasteiger partial charge in [0.25, 0.3) is 0 Å². The molecule has 0 aliphatic rings. The molecule has 0 spiro atoms. The molecule has 0 aromatic heterocycles. The SMILES string of the molecule is CC(C)(C)c1cc(C(C)(C)c2ccc(O)cc2)c(O)cc1O. The number of benzene rings is 2. The third kappa shape index (κ3) is 2.89. The Hall–Kier alpha value is -2.16. The second-order valence-corrected chi connectivity index (χ2v) is 7.31. The first-order valence-electron chi connectivity index (χ1n) is 7.40. The van der Waals surface area contributed by atoms with Gasteiger partial charge in [0, 0.05) is 17.0 Å². The van der Waals surface area contributed by atoms with E-state index in [9.17, 15) is 15.3 Å². The molecule has 0 bridgehead atoms. The van der Waals surface area contributed by atoms with E-state index in [1.54, 1.807) is 12.1 Å². The molecule has 0 amide bonds. The van der Waals surface area contributed by atoms with Crippen molar-refractivity contribution in [3.63, 3.8) is 0 Å².